The molecule has 1 aromatic rings. The normalized spacial score (nSPS) is 11.4. The van der Waals surface area contributed by atoms with Crippen molar-refractivity contribution in [3.8, 4) is 0 Å². The lowest BCUT2D eigenvalue weighted by Gasteiger charge is -2.13. The van der Waals surface area contributed by atoms with Crippen molar-refractivity contribution in [3.05, 3.63) is 35.4 Å². The molecule has 0 aliphatic rings. The third-order valence-electron chi connectivity index (χ3n) is 3.46. The first-order chi connectivity index (χ1) is 11.0. The lowest BCUT2D eigenvalue weighted by Crippen LogP contribution is -2.41. The summed E-state index contributed by atoms with van der Waals surface area (Å²) in [5.41, 5.74) is 1.78. The average molecular weight is 318 g/mol. The highest BCUT2D eigenvalue weighted by Gasteiger charge is 2.04. The molecule has 0 fully saturated rings. The van der Waals surface area contributed by atoms with Crippen LogP contribution in [0.3, 0.4) is 0 Å². The van der Waals surface area contributed by atoms with E-state index >= 15 is 0 Å². The van der Waals surface area contributed by atoms with Crippen molar-refractivity contribution in [1.82, 2.24) is 16.0 Å². The van der Waals surface area contributed by atoms with E-state index in [1.807, 2.05) is 31.2 Å². The minimum absolute atomic E-state index is 0.0459. The Morgan fingerprint density at radius 3 is 2.48 bits per heavy atom. The molecule has 0 aliphatic heterocycles. The zero-order valence-corrected chi connectivity index (χ0v) is 14.8. The Morgan fingerprint density at radius 1 is 1.13 bits per heavy atom. The summed E-state index contributed by atoms with van der Waals surface area (Å²) >= 11 is 0. The van der Waals surface area contributed by atoms with Gasteiger partial charge in [-0.25, -0.2) is 0 Å². The third kappa shape index (κ3) is 8.24. The minimum Gasteiger partial charge on any atom is -0.356 e. The maximum atomic E-state index is 12.0. The molecule has 5 nitrogen and oxygen atoms in total. The van der Waals surface area contributed by atoms with Crippen molar-refractivity contribution in [3.63, 3.8) is 0 Å². The first-order valence-electron chi connectivity index (χ1n) is 8.32. The molecule has 128 valence electrons. The quantitative estimate of drug-likeness (QED) is 0.391. The summed E-state index contributed by atoms with van der Waals surface area (Å²) in [7, 11) is 1.75. The Hall–Kier alpha value is -2.04. The zero-order valence-electron chi connectivity index (χ0n) is 14.8. The molecular weight excluding hydrogens is 288 g/mol. The first-order valence-corrected chi connectivity index (χ1v) is 8.32. The standard InChI is InChI=1S/C18H30N4O/c1-14(2)7-6-10-21-18(19-4)22-12-11-20-17(23)16-9-5-8-15(3)13-16/h5,8-9,13-14H,6-7,10-12H2,1-4H3,(H,20,23)(H2,19,21,22). The molecule has 1 rings (SSSR count). The van der Waals surface area contributed by atoms with Crippen molar-refractivity contribution in [2.24, 2.45) is 10.9 Å². The second-order valence-electron chi connectivity index (χ2n) is 6.09. The van der Waals surface area contributed by atoms with Crippen molar-refractivity contribution in [2.45, 2.75) is 33.6 Å². The molecule has 0 aromatic heterocycles. The fraction of sp³-hybridized carbons (Fsp3) is 0.556. The molecule has 0 radical (unpaired) electrons. The van der Waals surface area contributed by atoms with E-state index < -0.39 is 0 Å². The van der Waals surface area contributed by atoms with Crippen LogP contribution in [0.2, 0.25) is 0 Å². The van der Waals surface area contributed by atoms with Crippen molar-refractivity contribution in [1.29, 1.82) is 0 Å². The maximum Gasteiger partial charge on any atom is 0.251 e. The number of nitrogens with one attached hydrogen (secondary N) is 3. The van der Waals surface area contributed by atoms with Crippen molar-refractivity contribution >= 4 is 11.9 Å². The number of aliphatic imine (C=N–C) groups is 1. The van der Waals surface area contributed by atoms with Crippen LogP contribution in [-0.2, 0) is 0 Å². The van der Waals surface area contributed by atoms with Gasteiger partial charge in [0.05, 0.1) is 0 Å². The van der Waals surface area contributed by atoms with E-state index in [4.69, 9.17) is 0 Å². The molecule has 0 aliphatic carbocycles. The van der Waals surface area contributed by atoms with Crippen LogP contribution >= 0.6 is 0 Å². The predicted octanol–water partition coefficient (Wildman–Crippen LogP) is 2.33. The predicted molar refractivity (Wildman–Crippen MR) is 96.9 cm³/mol. The molecule has 1 amide bonds. The monoisotopic (exact) mass is 318 g/mol. The van der Waals surface area contributed by atoms with Crippen molar-refractivity contribution in [2.75, 3.05) is 26.7 Å². The molecule has 0 bridgehead atoms. The molecule has 5 heteroatoms. The molecule has 23 heavy (non-hydrogen) atoms. The summed E-state index contributed by atoms with van der Waals surface area (Å²) in [5, 5.41) is 9.38. The number of aryl methyl sites for hydroxylation is 1. The van der Waals surface area contributed by atoms with Crippen molar-refractivity contribution < 1.29 is 4.79 Å². The maximum absolute atomic E-state index is 12.0. The van der Waals surface area contributed by atoms with Gasteiger partial charge in [-0.15, -0.1) is 0 Å². The average Bonchev–Trinajstić information content (AvgIpc) is 2.52. The molecular formula is C18H30N4O. The van der Waals surface area contributed by atoms with Gasteiger partial charge in [0, 0.05) is 32.2 Å². The Morgan fingerprint density at radius 2 is 1.83 bits per heavy atom. The second kappa shape index (κ2) is 10.6. The van der Waals surface area contributed by atoms with Gasteiger partial charge >= 0.3 is 0 Å². The molecule has 0 unspecified atom stereocenters. The molecule has 0 spiro atoms. The highest BCUT2D eigenvalue weighted by molar-refractivity contribution is 5.94. The largest absolute Gasteiger partial charge is 0.356 e. The van der Waals surface area contributed by atoms with Gasteiger partial charge in [-0.05, 0) is 37.8 Å². The van der Waals surface area contributed by atoms with Crippen LogP contribution in [0, 0.1) is 12.8 Å². The van der Waals surface area contributed by atoms with E-state index in [9.17, 15) is 4.79 Å². The van der Waals surface area contributed by atoms with Crippen LogP contribution in [0.15, 0.2) is 29.3 Å². The summed E-state index contributed by atoms with van der Waals surface area (Å²) < 4.78 is 0. The van der Waals surface area contributed by atoms with E-state index in [2.05, 4.69) is 34.8 Å². The fourth-order valence-electron chi connectivity index (χ4n) is 2.18. The lowest BCUT2D eigenvalue weighted by atomic mass is 10.1. The number of amides is 1. The first kappa shape index (κ1) is 19.0. The van der Waals surface area contributed by atoms with Gasteiger partial charge in [-0.2, -0.15) is 0 Å². The highest BCUT2D eigenvalue weighted by atomic mass is 16.1. The van der Waals surface area contributed by atoms with Crippen LogP contribution in [0.4, 0.5) is 0 Å². The number of hydrogen-bond donors (Lipinski definition) is 3. The molecule has 0 saturated heterocycles. The van der Waals surface area contributed by atoms with E-state index in [1.54, 1.807) is 7.05 Å². The minimum atomic E-state index is -0.0459. The van der Waals surface area contributed by atoms with Crippen LogP contribution in [-0.4, -0.2) is 38.5 Å². The van der Waals surface area contributed by atoms with E-state index in [0.717, 1.165) is 30.4 Å². The van der Waals surface area contributed by atoms with Gasteiger partial charge in [0.2, 0.25) is 0 Å². The summed E-state index contributed by atoms with van der Waals surface area (Å²) in [4.78, 5) is 16.2. The summed E-state index contributed by atoms with van der Waals surface area (Å²) in [6, 6.07) is 7.58. The summed E-state index contributed by atoms with van der Waals surface area (Å²) in [5.74, 6) is 1.46. The van der Waals surface area contributed by atoms with E-state index in [1.165, 1.54) is 6.42 Å². The Balaban J connectivity index is 2.21. The summed E-state index contributed by atoms with van der Waals surface area (Å²) in [6.07, 6.45) is 2.33. The van der Waals surface area contributed by atoms with Crippen LogP contribution in [0.5, 0.6) is 0 Å². The number of benzene rings is 1. The molecule has 0 heterocycles. The van der Waals surface area contributed by atoms with Gasteiger partial charge in [0.15, 0.2) is 5.96 Å². The second-order valence-corrected chi connectivity index (χ2v) is 6.09. The summed E-state index contributed by atoms with van der Waals surface area (Å²) in [6.45, 7) is 8.54. The number of hydrogen-bond acceptors (Lipinski definition) is 2. The van der Waals surface area contributed by atoms with E-state index in [0.29, 0.717) is 18.7 Å². The topological polar surface area (TPSA) is 65.5 Å². The SMILES string of the molecule is CN=C(NCCCC(C)C)NCCNC(=O)c1cccc(C)c1. The number of rotatable bonds is 8. The van der Waals surface area contributed by atoms with Crippen LogP contribution < -0.4 is 16.0 Å². The van der Waals surface area contributed by atoms with Crippen LogP contribution in [0.25, 0.3) is 0 Å². The molecule has 0 saturated carbocycles. The highest BCUT2D eigenvalue weighted by Crippen LogP contribution is 2.03. The van der Waals surface area contributed by atoms with Gasteiger partial charge in [0.1, 0.15) is 0 Å². The third-order valence-corrected chi connectivity index (χ3v) is 3.46. The lowest BCUT2D eigenvalue weighted by molar-refractivity contribution is 0.0954. The van der Waals surface area contributed by atoms with E-state index in [-0.39, 0.29) is 5.91 Å². The van der Waals surface area contributed by atoms with Gasteiger partial charge in [-0.1, -0.05) is 31.5 Å². The number of nitrogens with zero attached hydrogens (tertiary/aromatic N) is 1. The van der Waals surface area contributed by atoms with Gasteiger partial charge in [0.25, 0.3) is 5.91 Å². The Kier molecular flexibility index (Phi) is 8.80. The van der Waals surface area contributed by atoms with Gasteiger partial charge < -0.3 is 16.0 Å². The molecule has 0 atom stereocenters. The Labute approximate surface area is 140 Å². The number of guanidine groups is 1. The van der Waals surface area contributed by atoms with Gasteiger partial charge in [-0.3, -0.25) is 9.79 Å². The number of carbonyl (C=O) groups excluding carboxylic acids is 1. The Bertz CT molecular complexity index is 511. The fourth-order valence-corrected chi connectivity index (χ4v) is 2.18. The zero-order chi connectivity index (χ0) is 17.1. The van der Waals surface area contributed by atoms with Crippen LogP contribution in [0.1, 0.15) is 42.6 Å². The smallest absolute Gasteiger partial charge is 0.251 e. The molecule has 1 aromatic carbocycles. The number of carbonyl (C=O) groups is 1. The molecule has 3 N–H and O–H groups in total.